The third kappa shape index (κ3) is 5.10. The fourth-order valence-corrected chi connectivity index (χ4v) is 5.47. The van der Waals surface area contributed by atoms with Gasteiger partial charge in [-0.25, -0.2) is 4.79 Å². The van der Waals surface area contributed by atoms with Crippen LogP contribution in [0.1, 0.15) is 36.6 Å². The maximum atomic E-state index is 12.8. The predicted octanol–water partition coefficient (Wildman–Crippen LogP) is 2.17. The molecule has 3 amide bonds. The number of hydrogen-bond donors (Lipinski definition) is 1. The molecule has 8 heteroatoms. The van der Waals surface area contributed by atoms with Crippen LogP contribution in [0.25, 0.3) is 0 Å². The van der Waals surface area contributed by atoms with Crippen LogP contribution >= 0.6 is 11.3 Å². The molecule has 1 aromatic heterocycles. The minimum atomic E-state index is 0.00280. The molecular formula is C21H32N4O3S. The molecule has 160 valence electrons. The second kappa shape index (κ2) is 9.91. The van der Waals surface area contributed by atoms with Gasteiger partial charge in [0.1, 0.15) is 0 Å². The van der Waals surface area contributed by atoms with Gasteiger partial charge in [0.2, 0.25) is 5.91 Å². The van der Waals surface area contributed by atoms with E-state index in [-0.39, 0.29) is 23.9 Å². The lowest BCUT2D eigenvalue weighted by Gasteiger charge is -2.36. The molecule has 0 aliphatic carbocycles. The molecule has 0 spiro atoms. The standard InChI is InChI=1S/C21H32N4O3S/c26-20(24-11-13-28-14-12-24)17-5-9-25(10-6-17)21(27)22-16-18(19-4-3-15-29-19)23-7-1-2-8-23/h3-4,15,17-18H,1-2,5-14,16H2,(H,22,27). The zero-order chi connectivity index (χ0) is 20.1. The van der Waals surface area contributed by atoms with Crippen LogP contribution in [-0.2, 0) is 9.53 Å². The zero-order valence-corrected chi connectivity index (χ0v) is 17.9. The van der Waals surface area contributed by atoms with Crippen molar-refractivity contribution in [3.63, 3.8) is 0 Å². The molecule has 0 aromatic carbocycles. The smallest absolute Gasteiger partial charge is 0.317 e. The Bertz CT molecular complexity index is 663. The monoisotopic (exact) mass is 420 g/mol. The van der Waals surface area contributed by atoms with Crippen LogP contribution in [0.3, 0.4) is 0 Å². The van der Waals surface area contributed by atoms with Crippen LogP contribution in [0, 0.1) is 5.92 Å². The molecule has 29 heavy (non-hydrogen) atoms. The molecule has 3 aliphatic heterocycles. The number of thiophene rings is 1. The van der Waals surface area contributed by atoms with Gasteiger partial charge in [-0.1, -0.05) is 6.07 Å². The van der Waals surface area contributed by atoms with E-state index in [2.05, 4.69) is 27.7 Å². The van der Waals surface area contributed by atoms with Gasteiger partial charge in [0.15, 0.2) is 0 Å². The number of piperidine rings is 1. The van der Waals surface area contributed by atoms with Crippen LogP contribution < -0.4 is 5.32 Å². The number of carbonyl (C=O) groups is 2. The third-order valence-electron chi connectivity index (χ3n) is 6.35. The average molecular weight is 421 g/mol. The summed E-state index contributed by atoms with van der Waals surface area (Å²) in [6.45, 7) is 6.82. The normalized spacial score (nSPS) is 22.6. The summed E-state index contributed by atoms with van der Waals surface area (Å²) in [5.74, 6) is 0.278. The second-order valence-electron chi connectivity index (χ2n) is 8.16. The Hall–Kier alpha value is -1.64. The summed E-state index contributed by atoms with van der Waals surface area (Å²) < 4.78 is 5.34. The lowest BCUT2D eigenvalue weighted by atomic mass is 9.95. The Morgan fingerprint density at radius 1 is 1.07 bits per heavy atom. The number of carbonyl (C=O) groups excluding carboxylic acids is 2. The number of nitrogens with zero attached hydrogens (tertiary/aromatic N) is 3. The first-order chi connectivity index (χ1) is 14.2. The van der Waals surface area contributed by atoms with Gasteiger partial charge < -0.3 is 19.9 Å². The summed E-state index contributed by atoms with van der Waals surface area (Å²) in [7, 11) is 0. The van der Waals surface area contributed by atoms with Crippen LogP contribution in [-0.4, -0.2) is 85.7 Å². The molecule has 3 aliphatic rings. The molecule has 4 heterocycles. The van der Waals surface area contributed by atoms with Gasteiger partial charge in [0.25, 0.3) is 0 Å². The van der Waals surface area contributed by atoms with E-state index in [1.807, 2.05) is 9.80 Å². The molecule has 0 bridgehead atoms. The molecule has 4 rings (SSSR count). The number of rotatable bonds is 5. The fraction of sp³-hybridized carbons (Fsp3) is 0.714. The number of likely N-dealkylation sites (tertiary alicyclic amines) is 2. The lowest BCUT2D eigenvalue weighted by Crippen LogP contribution is -2.50. The topological polar surface area (TPSA) is 65.1 Å². The Kier molecular flexibility index (Phi) is 7.05. The van der Waals surface area contributed by atoms with E-state index in [4.69, 9.17) is 4.74 Å². The van der Waals surface area contributed by atoms with Crippen molar-refractivity contribution >= 4 is 23.3 Å². The number of hydrogen-bond acceptors (Lipinski definition) is 5. The molecule has 0 radical (unpaired) electrons. The number of morpholine rings is 1. The Labute approximate surface area is 177 Å². The minimum Gasteiger partial charge on any atom is -0.378 e. The van der Waals surface area contributed by atoms with Gasteiger partial charge >= 0.3 is 6.03 Å². The summed E-state index contributed by atoms with van der Waals surface area (Å²) >= 11 is 1.76. The number of amides is 3. The molecule has 1 atom stereocenters. The molecule has 1 aromatic rings. The van der Waals surface area contributed by atoms with E-state index >= 15 is 0 Å². The third-order valence-corrected chi connectivity index (χ3v) is 7.33. The van der Waals surface area contributed by atoms with E-state index in [0.717, 1.165) is 25.9 Å². The van der Waals surface area contributed by atoms with Gasteiger partial charge in [0, 0.05) is 43.5 Å². The van der Waals surface area contributed by atoms with Crippen molar-refractivity contribution in [2.24, 2.45) is 5.92 Å². The SMILES string of the molecule is O=C(NCC(c1cccs1)N1CCCC1)N1CCC(C(=O)N2CCOCC2)CC1. The van der Waals surface area contributed by atoms with Gasteiger partial charge in [-0.3, -0.25) is 9.69 Å². The summed E-state index contributed by atoms with van der Waals surface area (Å²) in [6, 6.07) is 4.52. The number of nitrogens with one attached hydrogen (secondary N) is 1. The maximum absolute atomic E-state index is 12.8. The Morgan fingerprint density at radius 3 is 2.45 bits per heavy atom. The van der Waals surface area contributed by atoms with Crippen molar-refractivity contribution in [3.05, 3.63) is 22.4 Å². The van der Waals surface area contributed by atoms with Crippen LogP contribution in [0.4, 0.5) is 4.79 Å². The highest BCUT2D eigenvalue weighted by Crippen LogP contribution is 2.28. The highest BCUT2D eigenvalue weighted by atomic mass is 32.1. The summed E-state index contributed by atoms with van der Waals surface area (Å²) in [5.41, 5.74) is 0. The first kappa shape index (κ1) is 20.6. The van der Waals surface area contributed by atoms with Crippen LogP contribution in [0.5, 0.6) is 0 Å². The largest absolute Gasteiger partial charge is 0.378 e. The van der Waals surface area contributed by atoms with Crippen LogP contribution in [0.15, 0.2) is 17.5 Å². The van der Waals surface area contributed by atoms with E-state index in [9.17, 15) is 9.59 Å². The Morgan fingerprint density at radius 2 is 1.79 bits per heavy atom. The van der Waals surface area contributed by atoms with E-state index < -0.39 is 0 Å². The molecule has 1 N–H and O–H groups in total. The summed E-state index contributed by atoms with van der Waals surface area (Å²) in [4.78, 5) is 33.0. The summed E-state index contributed by atoms with van der Waals surface area (Å²) in [5, 5.41) is 5.27. The van der Waals surface area contributed by atoms with Crippen molar-refractivity contribution in [1.29, 1.82) is 0 Å². The molecule has 0 saturated carbocycles. The van der Waals surface area contributed by atoms with Gasteiger partial charge in [-0.05, 0) is 50.2 Å². The van der Waals surface area contributed by atoms with Crippen molar-refractivity contribution < 1.29 is 14.3 Å². The van der Waals surface area contributed by atoms with Crippen molar-refractivity contribution in [2.75, 3.05) is 59.0 Å². The molecule has 3 saturated heterocycles. The quantitative estimate of drug-likeness (QED) is 0.793. The maximum Gasteiger partial charge on any atom is 0.317 e. The van der Waals surface area contributed by atoms with E-state index in [1.54, 1.807) is 11.3 Å². The lowest BCUT2D eigenvalue weighted by molar-refractivity contribution is -0.141. The molecule has 7 nitrogen and oxygen atoms in total. The van der Waals surface area contributed by atoms with Crippen molar-refractivity contribution in [3.8, 4) is 0 Å². The Balaban J connectivity index is 1.25. The molecular weight excluding hydrogens is 388 g/mol. The van der Waals surface area contributed by atoms with Crippen molar-refractivity contribution in [2.45, 2.75) is 31.7 Å². The van der Waals surface area contributed by atoms with Gasteiger partial charge in [-0.15, -0.1) is 11.3 Å². The fourth-order valence-electron chi connectivity index (χ4n) is 4.61. The highest BCUT2D eigenvalue weighted by molar-refractivity contribution is 7.10. The minimum absolute atomic E-state index is 0.00280. The average Bonchev–Trinajstić information content (AvgIpc) is 3.49. The first-order valence-corrected chi connectivity index (χ1v) is 11.8. The second-order valence-corrected chi connectivity index (χ2v) is 9.14. The predicted molar refractivity (Wildman–Crippen MR) is 113 cm³/mol. The van der Waals surface area contributed by atoms with E-state index in [1.165, 1.54) is 17.7 Å². The molecule has 3 fully saturated rings. The van der Waals surface area contributed by atoms with Gasteiger partial charge in [0.05, 0.1) is 19.3 Å². The van der Waals surface area contributed by atoms with Crippen LogP contribution in [0.2, 0.25) is 0 Å². The van der Waals surface area contributed by atoms with Gasteiger partial charge in [-0.2, -0.15) is 0 Å². The zero-order valence-electron chi connectivity index (χ0n) is 17.1. The van der Waals surface area contributed by atoms with Crippen molar-refractivity contribution in [1.82, 2.24) is 20.0 Å². The number of ether oxygens (including phenoxy) is 1. The first-order valence-electron chi connectivity index (χ1n) is 10.9. The number of urea groups is 1. The highest BCUT2D eigenvalue weighted by Gasteiger charge is 2.31. The summed E-state index contributed by atoms with van der Waals surface area (Å²) in [6.07, 6.45) is 3.98. The van der Waals surface area contributed by atoms with E-state index in [0.29, 0.717) is 45.9 Å². The molecule has 1 unspecified atom stereocenters.